The third kappa shape index (κ3) is 2.52. The fourth-order valence-corrected chi connectivity index (χ4v) is 1.23. The monoisotopic (exact) mass is 284 g/mol. The summed E-state index contributed by atoms with van der Waals surface area (Å²) in [5.41, 5.74) is 0.530. The highest BCUT2D eigenvalue weighted by molar-refractivity contribution is 9.24. The van der Waals surface area contributed by atoms with Crippen molar-refractivity contribution in [3.8, 4) is 0 Å². The molecule has 0 fully saturated rings. The lowest BCUT2D eigenvalue weighted by molar-refractivity contribution is 0.581. The van der Waals surface area contributed by atoms with Gasteiger partial charge in [0.15, 0.2) is 0 Å². The van der Waals surface area contributed by atoms with Gasteiger partial charge in [0, 0.05) is 6.07 Å². The quantitative estimate of drug-likeness (QED) is 0.690. The van der Waals surface area contributed by atoms with E-state index in [-0.39, 0.29) is 3.74 Å². The molecule has 0 aliphatic heterocycles. The van der Waals surface area contributed by atoms with Gasteiger partial charge in [-0.25, -0.2) is 8.78 Å². The molecule has 11 heavy (non-hydrogen) atoms. The van der Waals surface area contributed by atoms with Crippen molar-refractivity contribution in [2.75, 3.05) is 0 Å². The van der Waals surface area contributed by atoms with E-state index in [2.05, 4.69) is 31.9 Å². The molecule has 0 atom stereocenters. The van der Waals surface area contributed by atoms with Crippen LogP contribution in [-0.4, -0.2) is 0 Å². The van der Waals surface area contributed by atoms with Gasteiger partial charge < -0.3 is 0 Å². The van der Waals surface area contributed by atoms with Crippen LogP contribution in [0.5, 0.6) is 0 Å². The SMILES string of the molecule is Fc1cc(F)cc(C(Br)Br)c1. The van der Waals surface area contributed by atoms with E-state index < -0.39 is 11.6 Å². The Hall–Kier alpha value is 0.0400. The zero-order valence-electron chi connectivity index (χ0n) is 5.32. The molecule has 0 aromatic heterocycles. The van der Waals surface area contributed by atoms with E-state index in [1.54, 1.807) is 0 Å². The molecule has 4 heteroatoms. The lowest BCUT2D eigenvalue weighted by Crippen LogP contribution is -1.85. The zero-order valence-corrected chi connectivity index (χ0v) is 8.49. The van der Waals surface area contributed by atoms with Crippen LogP contribution in [0.3, 0.4) is 0 Å². The Labute approximate surface area is 79.9 Å². The molecule has 0 saturated carbocycles. The smallest absolute Gasteiger partial charge is 0.126 e. The van der Waals surface area contributed by atoms with Gasteiger partial charge in [-0.15, -0.1) is 0 Å². The Morgan fingerprint density at radius 3 is 1.82 bits per heavy atom. The lowest BCUT2D eigenvalue weighted by atomic mass is 10.2. The molecule has 1 aromatic carbocycles. The van der Waals surface area contributed by atoms with Gasteiger partial charge in [0.05, 0.1) is 3.74 Å². The van der Waals surface area contributed by atoms with Crippen molar-refractivity contribution in [1.82, 2.24) is 0 Å². The molecule has 1 aromatic rings. The van der Waals surface area contributed by atoms with Gasteiger partial charge in [0.25, 0.3) is 0 Å². The molecule has 0 saturated heterocycles. The standard InChI is InChI=1S/C7H4Br2F2/c8-7(9)4-1-5(10)3-6(11)2-4/h1-3,7H. The average molecular weight is 286 g/mol. The highest BCUT2D eigenvalue weighted by Gasteiger charge is 2.05. The van der Waals surface area contributed by atoms with E-state index in [4.69, 9.17) is 0 Å². The second kappa shape index (κ2) is 3.63. The minimum absolute atomic E-state index is 0.208. The molecule has 1 rings (SSSR count). The number of benzene rings is 1. The molecular weight excluding hydrogens is 282 g/mol. The van der Waals surface area contributed by atoms with E-state index in [9.17, 15) is 8.78 Å². The van der Waals surface area contributed by atoms with E-state index in [0.717, 1.165) is 6.07 Å². The van der Waals surface area contributed by atoms with Crippen molar-refractivity contribution in [2.24, 2.45) is 0 Å². The first-order chi connectivity index (χ1) is 5.09. The lowest BCUT2D eigenvalue weighted by Gasteiger charge is -2.01. The predicted molar refractivity (Wildman–Crippen MR) is 47.0 cm³/mol. The number of rotatable bonds is 1. The average Bonchev–Trinajstić information content (AvgIpc) is 1.85. The van der Waals surface area contributed by atoms with Crippen LogP contribution in [0.15, 0.2) is 18.2 Å². The minimum Gasteiger partial charge on any atom is -0.207 e. The molecule has 60 valence electrons. The van der Waals surface area contributed by atoms with Crippen molar-refractivity contribution >= 4 is 31.9 Å². The van der Waals surface area contributed by atoms with Gasteiger partial charge in [0.2, 0.25) is 0 Å². The molecule has 0 bridgehead atoms. The summed E-state index contributed by atoms with van der Waals surface area (Å²) in [7, 11) is 0. The van der Waals surface area contributed by atoms with Crippen LogP contribution in [0, 0.1) is 11.6 Å². The van der Waals surface area contributed by atoms with Gasteiger partial charge in [-0.1, -0.05) is 31.9 Å². The summed E-state index contributed by atoms with van der Waals surface area (Å²) < 4.78 is 24.8. The van der Waals surface area contributed by atoms with Crippen LogP contribution in [0.4, 0.5) is 8.78 Å². The van der Waals surface area contributed by atoms with Crippen molar-refractivity contribution in [3.05, 3.63) is 35.4 Å². The van der Waals surface area contributed by atoms with E-state index in [0.29, 0.717) is 5.56 Å². The van der Waals surface area contributed by atoms with E-state index >= 15 is 0 Å². The highest BCUT2D eigenvalue weighted by Crippen LogP contribution is 2.29. The van der Waals surface area contributed by atoms with Crippen LogP contribution in [-0.2, 0) is 0 Å². The summed E-state index contributed by atoms with van der Waals surface area (Å²) in [6, 6.07) is 3.36. The maximum atomic E-state index is 12.5. The largest absolute Gasteiger partial charge is 0.207 e. The minimum atomic E-state index is -0.566. The first-order valence-electron chi connectivity index (χ1n) is 2.84. The molecule has 0 radical (unpaired) electrons. The molecule has 0 unspecified atom stereocenters. The molecule has 0 amide bonds. The number of hydrogen-bond acceptors (Lipinski definition) is 0. The Kier molecular flexibility index (Phi) is 3.01. The summed E-state index contributed by atoms with van der Waals surface area (Å²) in [6.45, 7) is 0. The zero-order chi connectivity index (χ0) is 8.43. The maximum absolute atomic E-state index is 12.5. The van der Waals surface area contributed by atoms with Crippen molar-refractivity contribution in [3.63, 3.8) is 0 Å². The second-order valence-electron chi connectivity index (χ2n) is 2.00. The first kappa shape index (κ1) is 9.13. The van der Waals surface area contributed by atoms with Crippen molar-refractivity contribution in [2.45, 2.75) is 3.74 Å². The predicted octanol–water partition coefficient (Wildman–Crippen LogP) is 3.75. The van der Waals surface area contributed by atoms with Gasteiger partial charge in [0.1, 0.15) is 11.6 Å². The first-order valence-corrected chi connectivity index (χ1v) is 4.67. The van der Waals surface area contributed by atoms with Crippen LogP contribution >= 0.6 is 31.9 Å². The Morgan fingerprint density at radius 2 is 1.45 bits per heavy atom. The fraction of sp³-hybridized carbons (Fsp3) is 0.143. The van der Waals surface area contributed by atoms with Crippen LogP contribution in [0.25, 0.3) is 0 Å². The van der Waals surface area contributed by atoms with Crippen LogP contribution in [0.2, 0.25) is 0 Å². The van der Waals surface area contributed by atoms with Crippen molar-refractivity contribution < 1.29 is 8.78 Å². The third-order valence-corrected chi connectivity index (χ3v) is 2.19. The number of halogens is 4. The highest BCUT2D eigenvalue weighted by atomic mass is 79.9. The summed E-state index contributed by atoms with van der Waals surface area (Å²) in [5.74, 6) is -1.13. The van der Waals surface area contributed by atoms with Gasteiger partial charge in [-0.2, -0.15) is 0 Å². The molecule has 0 aliphatic rings. The summed E-state index contributed by atoms with van der Waals surface area (Å²) >= 11 is 6.27. The summed E-state index contributed by atoms with van der Waals surface area (Å²) in [4.78, 5) is 0. The Balaban J connectivity index is 3.08. The normalized spacial score (nSPS) is 10.6. The molecule has 0 heterocycles. The molecule has 0 aliphatic carbocycles. The van der Waals surface area contributed by atoms with E-state index in [1.165, 1.54) is 12.1 Å². The molecule has 0 spiro atoms. The molecule has 0 N–H and O–H groups in total. The maximum Gasteiger partial charge on any atom is 0.126 e. The molecular formula is C7H4Br2F2. The van der Waals surface area contributed by atoms with Crippen LogP contribution < -0.4 is 0 Å². The topological polar surface area (TPSA) is 0 Å². The summed E-state index contributed by atoms with van der Waals surface area (Å²) in [6.07, 6.45) is 0. The number of hydrogen-bond donors (Lipinski definition) is 0. The Bertz CT molecular complexity index is 240. The second-order valence-corrected chi connectivity index (χ2v) is 5.06. The van der Waals surface area contributed by atoms with Crippen LogP contribution in [0.1, 0.15) is 9.30 Å². The molecule has 0 nitrogen and oxygen atoms in total. The van der Waals surface area contributed by atoms with Crippen molar-refractivity contribution in [1.29, 1.82) is 0 Å². The third-order valence-electron chi connectivity index (χ3n) is 1.14. The number of alkyl halides is 2. The Morgan fingerprint density at radius 1 is 1.00 bits per heavy atom. The van der Waals surface area contributed by atoms with Gasteiger partial charge in [-0.05, 0) is 17.7 Å². The van der Waals surface area contributed by atoms with Gasteiger partial charge in [-0.3, -0.25) is 0 Å². The van der Waals surface area contributed by atoms with Gasteiger partial charge >= 0.3 is 0 Å². The summed E-state index contributed by atoms with van der Waals surface area (Å²) in [5, 5.41) is 0. The van der Waals surface area contributed by atoms with E-state index in [1.807, 2.05) is 0 Å². The fourth-order valence-electron chi connectivity index (χ4n) is 0.701.